The van der Waals surface area contributed by atoms with E-state index in [4.69, 9.17) is 4.74 Å². The molecule has 6 heteroatoms. The van der Waals surface area contributed by atoms with Crippen molar-refractivity contribution < 1.29 is 14.6 Å². The molecule has 1 fully saturated rings. The van der Waals surface area contributed by atoms with Crippen LogP contribution in [0, 0.1) is 13.8 Å². The highest BCUT2D eigenvalue weighted by Gasteiger charge is 2.24. The second kappa shape index (κ2) is 7.70. The van der Waals surface area contributed by atoms with Gasteiger partial charge in [-0.15, -0.1) is 0 Å². The first-order valence-corrected chi connectivity index (χ1v) is 8.70. The van der Waals surface area contributed by atoms with Gasteiger partial charge in [-0.05, 0) is 38.8 Å². The largest absolute Gasteiger partial charge is 0.508 e. The van der Waals surface area contributed by atoms with E-state index in [1.165, 1.54) is 0 Å². The predicted octanol–water partition coefficient (Wildman–Crippen LogP) is 2.41. The van der Waals surface area contributed by atoms with Gasteiger partial charge in [-0.3, -0.25) is 9.48 Å². The monoisotopic (exact) mass is 343 g/mol. The first-order valence-electron chi connectivity index (χ1n) is 8.70. The molecule has 25 heavy (non-hydrogen) atoms. The number of nitrogens with zero attached hydrogens (tertiary/aromatic N) is 3. The summed E-state index contributed by atoms with van der Waals surface area (Å²) in [5, 5.41) is 14.4. The maximum absolute atomic E-state index is 12.9. The number of amides is 1. The lowest BCUT2D eigenvalue weighted by atomic mass is 10.1. The number of carbonyl (C=O) groups is 1. The molecule has 1 aliphatic heterocycles. The number of benzene rings is 1. The Morgan fingerprint density at radius 3 is 2.84 bits per heavy atom. The second-order valence-corrected chi connectivity index (χ2v) is 6.62. The topological polar surface area (TPSA) is 67.6 Å². The van der Waals surface area contributed by atoms with Crippen molar-refractivity contribution >= 4 is 5.91 Å². The van der Waals surface area contributed by atoms with Crippen molar-refractivity contribution in [1.29, 1.82) is 0 Å². The summed E-state index contributed by atoms with van der Waals surface area (Å²) >= 11 is 0. The highest BCUT2D eigenvalue weighted by molar-refractivity contribution is 5.76. The van der Waals surface area contributed by atoms with Crippen molar-refractivity contribution in [3.8, 4) is 5.75 Å². The van der Waals surface area contributed by atoms with Crippen LogP contribution in [-0.2, 0) is 22.6 Å². The summed E-state index contributed by atoms with van der Waals surface area (Å²) in [4.78, 5) is 14.7. The molecule has 1 N–H and O–H groups in total. The summed E-state index contributed by atoms with van der Waals surface area (Å²) in [6.07, 6.45) is 2.06. The highest BCUT2D eigenvalue weighted by atomic mass is 16.5. The fourth-order valence-corrected chi connectivity index (χ4v) is 3.20. The molecule has 0 spiro atoms. The molecule has 1 saturated heterocycles. The number of phenols is 1. The Morgan fingerprint density at radius 1 is 1.40 bits per heavy atom. The average molecular weight is 343 g/mol. The van der Waals surface area contributed by atoms with Gasteiger partial charge in [0, 0.05) is 31.0 Å². The van der Waals surface area contributed by atoms with Crippen LogP contribution in [0.1, 0.15) is 29.8 Å². The second-order valence-electron chi connectivity index (χ2n) is 6.62. The van der Waals surface area contributed by atoms with Crippen LogP contribution in [0.5, 0.6) is 5.75 Å². The van der Waals surface area contributed by atoms with E-state index in [9.17, 15) is 9.90 Å². The zero-order valence-electron chi connectivity index (χ0n) is 14.8. The Morgan fingerprint density at radius 2 is 2.20 bits per heavy atom. The van der Waals surface area contributed by atoms with E-state index in [0.29, 0.717) is 13.1 Å². The van der Waals surface area contributed by atoms with Crippen molar-refractivity contribution in [3.05, 3.63) is 47.3 Å². The maximum Gasteiger partial charge on any atom is 0.244 e. The van der Waals surface area contributed by atoms with E-state index < -0.39 is 0 Å². The first kappa shape index (κ1) is 17.5. The molecule has 2 aromatic rings. The molecule has 1 aromatic carbocycles. The summed E-state index contributed by atoms with van der Waals surface area (Å²) < 4.78 is 7.43. The minimum Gasteiger partial charge on any atom is -0.508 e. The van der Waals surface area contributed by atoms with Gasteiger partial charge in [0.15, 0.2) is 0 Å². The smallest absolute Gasteiger partial charge is 0.244 e. The fourth-order valence-electron chi connectivity index (χ4n) is 3.20. The third-order valence-electron chi connectivity index (χ3n) is 4.54. The van der Waals surface area contributed by atoms with Crippen LogP contribution >= 0.6 is 0 Å². The Hall–Kier alpha value is -2.34. The Kier molecular flexibility index (Phi) is 5.38. The summed E-state index contributed by atoms with van der Waals surface area (Å²) in [6, 6.07) is 9.09. The first-order chi connectivity index (χ1) is 12.0. The van der Waals surface area contributed by atoms with Crippen LogP contribution in [0.3, 0.4) is 0 Å². The molecule has 1 unspecified atom stereocenters. The minimum atomic E-state index is -0.0232. The lowest BCUT2D eigenvalue weighted by Crippen LogP contribution is -2.39. The van der Waals surface area contributed by atoms with E-state index in [-0.39, 0.29) is 24.3 Å². The molecule has 1 atom stereocenters. The molecule has 1 aromatic heterocycles. The molecule has 1 amide bonds. The molecule has 0 bridgehead atoms. The zero-order chi connectivity index (χ0) is 17.8. The molecule has 0 saturated carbocycles. The number of aryl methyl sites for hydroxylation is 2. The van der Waals surface area contributed by atoms with Gasteiger partial charge in [-0.2, -0.15) is 5.10 Å². The van der Waals surface area contributed by atoms with Gasteiger partial charge in [-0.25, -0.2) is 0 Å². The molecular formula is C19H25N3O3. The predicted molar refractivity (Wildman–Crippen MR) is 94.2 cm³/mol. The molecule has 3 rings (SSSR count). The third kappa shape index (κ3) is 4.39. The van der Waals surface area contributed by atoms with Crippen LogP contribution in [0.25, 0.3) is 0 Å². The lowest BCUT2D eigenvalue weighted by molar-refractivity contribution is -0.134. The number of aromatic nitrogens is 2. The van der Waals surface area contributed by atoms with Crippen LogP contribution < -0.4 is 0 Å². The zero-order valence-corrected chi connectivity index (χ0v) is 14.8. The molecule has 0 radical (unpaired) electrons. The number of para-hydroxylation sites is 1. The van der Waals surface area contributed by atoms with Crippen molar-refractivity contribution in [1.82, 2.24) is 14.7 Å². The standard InChI is InChI=1S/C19H25N3O3/c1-14-10-15(2)22(20-14)13-19(24)21(12-17-7-5-9-25-17)11-16-6-3-4-8-18(16)23/h3-4,6,8,10,17,23H,5,7,9,11-13H2,1-2H3. The quantitative estimate of drug-likeness (QED) is 0.875. The molecule has 0 aliphatic carbocycles. The average Bonchev–Trinajstić information content (AvgIpc) is 3.18. The molecule has 134 valence electrons. The van der Waals surface area contributed by atoms with Crippen LogP contribution in [0.2, 0.25) is 0 Å². The molecular weight excluding hydrogens is 318 g/mol. The number of aromatic hydroxyl groups is 1. The highest BCUT2D eigenvalue weighted by Crippen LogP contribution is 2.20. The lowest BCUT2D eigenvalue weighted by Gasteiger charge is -2.26. The van der Waals surface area contributed by atoms with E-state index in [1.807, 2.05) is 32.0 Å². The van der Waals surface area contributed by atoms with Crippen LogP contribution in [0.4, 0.5) is 0 Å². The Bertz CT molecular complexity index is 735. The molecule has 6 nitrogen and oxygen atoms in total. The number of hydrogen-bond donors (Lipinski definition) is 1. The van der Waals surface area contributed by atoms with Gasteiger partial charge in [0.25, 0.3) is 0 Å². The number of hydrogen-bond acceptors (Lipinski definition) is 4. The van der Waals surface area contributed by atoms with Gasteiger partial charge in [0.2, 0.25) is 5.91 Å². The van der Waals surface area contributed by atoms with E-state index in [0.717, 1.165) is 36.4 Å². The summed E-state index contributed by atoms with van der Waals surface area (Å²) in [5.74, 6) is 0.184. The van der Waals surface area contributed by atoms with Crippen molar-refractivity contribution in [2.24, 2.45) is 0 Å². The molecule has 1 aliphatic rings. The van der Waals surface area contributed by atoms with Gasteiger partial charge >= 0.3 is 0 Å². The Balaban J connectivity index is 1.75. The van der Waals surface area contributed by atoms with E-state index in [1.54, 1.807) is 21.7 Å². The third-order valence-corrected chi connectivity index (χ3v) is 4.54. The number of ether oxygens (including phenoxy) is 1. The van der Waals surface area contributed by atoms with Gasteiger partial charge in [0.05, 0.1) is 11.8 Å². The minimum absolute atomic E-state index is 0.0232. The number of rotatable bonds is 6. The Labute approximate surface area is 148 Å². The SMILES string of the molecule is Cc1cc(C)n(CC(=O)N(Cc2ccccc2O)CC2CCCO2)n1. The fraction of sp³-hybridized carbons (Fsp3) is 0.474. The number of phenolic OH excluding ortho intramolecular Hbond substituents is 1. The van der Waals surface area contributed by atoms with Crippen molar-refractivity contribution in [2.45, 2.75) is 45.9 Å². The van der Waals surface area contributed by atoms with Crippen LogP contribution in [-0.4, -0.2) is 44.9 Å². The van der Waals surface area contributed by atoms with E-state index >= 15 is 0 Å². The van der Waals surface area contributed by atoms with Gasteiger partial charge < -0.3 is 14.7 Å². The maximum atomic E-state index is 12.9. The summed E-state index contributed by atoms with van der Waals surface area (Å²) in [7, 11) is 0. The van der Waals surface area contributed by atoms with E-state index in [2.05, 4.69) is 5.10 Å². The van der Waals surface area contributed by atoms with Crippen molar-refractivity contribution in [2.75, 3.05) is 13.2 Å². The normalized spacial score (nSPS) is 17.0. The summed E-state index contributed by atoms with van der Waals surface area (Å²) in [5.41, 5.74) is 2.60. The number of carbonyl (C=O) groups excluding carboxylic acids is 1. The van der Waals surface area contributed by atoms with Gasteiger partial charge in [0.1, 0.15) is 12.3 Å². The summed E-state index contributed by atoms with van der Waals surface area (Å²) in [6.45, 7) is 5.71. The van der Waals surface area contributed by atoms with Crippen molar-refractivity contribution in [3.63, 3.8) is 0 Å². The van der Waals surface area contributed by atoms with Gasteiger partial charge in [-0.1, -0.05) is 18.2 Å². The van der Waals surface area contributed by atoms with Crippen LogP contribution in [0.15, 0.2) is 30.3 Å². The molecule has 2 heterocycles.